The maximum Gasteiger partial charge on any atom is 0.347 e. The highest BCUT2D eigenvalue weighted by molar-refractivity contribution is 5.74. The SMILES string of the molecule is C[CH]OOC(=O)C(C)(C)C. The molecule has 0 aliphatic rings. The van der Waals surface area contributed by atoms with Crippen LogP contribution in [0.3, 0.4) is 0 Å². The first-order chi connectivity index (χ1) is 4.48. The van der Waals surface area contributed by atoms with Crippen LogP contribution in [0.5, 0.6) is 0 Å². The Morgan fingerprint density at radius 2 is 1.90 bits per heavy atom. The lowest BCUT2D eigenvalue weighted by Gasteiger charge is -2.13. The van der Waals surface area contributed by atoms with Gasteiger partial charge in [-0.2, -0.15) is 4.89 Å². The highest BCUT2D eigenvalue weighted by Gasteiger charge is 2.23. The second-order valence-corrected chi connectivity index (χ2v) is 2.95. The lowest BCUT2D eigenvalue weighted by molar-refractivity contribution is -0.258. The molecule has 0 heterocycles. The monoisotopic (exact) mass is 145 g/mol. The van der Waals surface area contributed by atoms with Crippen molar-refractivity contribution in [1.82, 2.24) is 0 Å². The topological polar surface area (TPSA) is 35.5 Å². The third kappa shape index (κ3) is 3.45. The third-order valence-electron chi connectivity index (χ3n) is 0.832. The molecule has 0 aromatic heterocycles. The molecular weight excluding hydrogens is 132 g/mol. The van der Waals surface area contributed by atoms with Crippen LogP contribution < -0.4 is 0 Å². The molecule has 0 saturated heterocycles. The minimum atomic E-state index is -0.497. The fraction of sp³-hybridized carbons (Fsp3) is 0.714. The highest BCUT2D eigenvalue weighted by atomic mass is 17.2. The van der Waals surface area contributed by atoms with E-state index >= 15 is 0 Å². The maximum absolute atomic E-state index is 10.9. The molecule has 0 unspecified atom stereocenters. The Bertz CT molecular complexity index is 113. The van der Waals surface area contributed by atoms with Crippen LogP contribution in [0.1, 0.15) is 27.7 Å². The zero-order chi connectivity index (χ0) is 8.20. The first-order valence-corrected chi connectivity index (χ1v) is 3.14. The summed E-state index contributed by atoms with van der Waals surface area (Å²) in [6.45, 7) is 8.22. The Morgan fingerprint density at radius 1 is 1.40 bits per heavy atom. The molecule has 0 aromatic carbocycles. The molecule has 59 valence electrons. The lowest BCUT2D eigenvalue weighted by atomic mass is 9.98. The van der Waals surface area contributed by atoms with Gasteiger partial charge in [0.25, 0.3) is 0 Å². The Labute approximate surface area is 61.2 Å². The second kappa shape index (κ2) is 3.56. The Hall–Kier alpha value is -0.570. The Kier molecular flexibility index (Phi) is 3.36. The van der Waals surface area contributed by atoms with E-state index in [2.05, 4.69) is 9.78 Å². The van der Waals surface area contributed by atoms with Crippen LogP contribution in [0.4, 0.5) is 0 Å². The van der Waals surface area contributed by atoms with E-state index in [0.29, 0.717) is 0 Å². The van der Waals surface area contributed by atoms with Crippen LogP contribution in [0.15, 0.2) is 0 Å². The normalized spacial score (nSPS) is 11.2. The lowest BCUT2D eigenvalue weighted by Crippen LogP contribution is -2.22. The summed E-state index contributed by atoms with van der Waals surface area (Å²) in [7, 11) is 0. The van der Waals surface area contributed by atoms with Gasteiger partial charge in [0.2, 0.25) is 0 Å². The molecule has 10 heavy (non-hydrogen) atoms. The van der Waals surface area contributed by atoms with Crippen molar-refractivity contribution in [3.8, 4) is 0 Å². The van der Waals surface area contributed by atoms with Gasteiger partial charge in [0.05, 0.1) is 5.41 Å². The summed E-state index contributed by atoms with van der Waals surface area (Å²) in [5, 5.41) is 0. The van der Waals surface area contributed by atoms with Crippen LogP contribution in [-0.2, 0) is 14.6 Å². The van der Waals surface area contributed by atoms with Gasteiger partial charge in [-0.3, -0.25) is 4.89 Å². The first-order valence-electron chi connectivity index (χ1n) is 3.14. The van der Waals surface area contributed by atoms with Gasteiger partial charge in [-0.25, -0.2) is 4.79 Å². The minimum Gasteiger partial charge on any atom is -0.297 e. The van der Waals surface area contributed by atoms with E-state index in [0.717, 1.165) is 0 Å². The van der Waals surface area contributed by atoms with Gasteiger partial charge in [-0.05, 0) is 27.7 Å². The number of carbonyl (C=O) groups is 1. The second-order valence-electron chi connectivity index (χ2n) is 2.95. The van der Waals surface area contributed by atoms with E-state index in [1.54, 1.807) is 27.7 Å². The number of hydrogen-bond donors (Lipinski definition) is 0. The van der Waals surface area contributed by atoms with E-state index in [1.165, 1.54) is 6.61 Å². The van der Waals surface area contributed by atoms with Crippen LogP contribution in [0.25, 0.3) is 0 Å². The predicted octanol–water partition coefficient (Wildman–Crippen LogP) is 1.69. The van der Waals surface area contributed by atoms with Crippen molar-refractivity contribution in [2.75, 3.05) is 0 Å². The molecule has 0 spiro atoms. The summed E-state index contributed by atoms with van der Waals surface area (Å²) in [5.41, 5.74) is -0.497. The van der Waals surface area contributed by atoms with Crippen molar-refractivity contribution in [2.24, 2.45) is 5.41 Å². The molecule has 0 rings (SSSR count). The Morgan fingerprint density at radius 3 is 2.20 bits per heavy atom. The minimum absolute atomic E-state index is 0.370. The zero-order valence-electron chi connectivity index (χ0n) is 6.80. The molecule has 3 heteroatoms. The van der Waals surface area contributed by atoms with Crippen molar-refractivity contribution in [3.63, 3.8) is 0 Å². The van der Waals surface area contributed by atoms with Gasteiger partial charge in [0.1, 0.15) is 6.61 Å². The molecule has 1 radical (unpaired) electrons. The fourth-order valence-corrected chi connectivity index (χ4v) is 0.217. The molecule has 0 fully saturated rings. The van der Waals surface area contributed by atoms with Crippen molar-refractivity contribution >= 4 is 5.97 Å². The average Bonchev–Trinajstić information content (AvgIpc) is 1.80. The van der Waals surface area contributed by atoms with Crippen molar-refractivity contribution < 1.29 is 14.6 Å². The molecular formula is C7H13O3. The molecule has 0 aliphatic heterocycles. The van der Waals surface area contributed by atoms with Crippen LogP contribution in [-0.4, -0.2) is 5.97 Å². The van der Waals surface area contributed by atoms with Gasteiger partial charge in [-0.1, -0.05) is 0 Å². The molecule has 0 bridgehead atoms. The summed E-state index contributed by atoms with van der Waals surface area (Å²) in [4.78, 5) is 19.6. The Balaban J connectivity index is 3.64. The summed E-state index contributed by atoms with van der Waals surface area (Å²) < 4.78 is 0. The highest BCUT2D eigenvalue weighted by Crippen LogP contribution is 2.15. The smallest absolute Gasteiger partial charge is 0.297 e. The predicted molar refractivity (Wildman–Crippen MR) is 36.6 cm³/mol. The van der Waals surface area contributed by atoms with Crippen molar-refractivity contribution in [1.29, 1.82) is 0 Å². The number of carbonyl (C=O) groups excluding carboxylic acids is 1. The molecule has 0 saturated carbocycles. The zero-order valence-corrected chi connectivity index (χ0v) is 6.80. The van der Waals surface area contributed by atoms with Gasteiger partial charge < -0.3 is 0 Å². The first kappa shape index (κ1) is 9.43. The molecule has 0 N–H and O–H groups in total. The summed E-state index contributed by atoms with van der Waals surface area (Å²) in [6.07, 6.45) is 0. The van der Waals surface area contributed by atoms with Crippen molar-refractivity contribution in [2.45, 2.75) is 27.7 Å². The molecule has 0 aromatic rings. The van der Waals surface area contributed by atoms with Crippen LogP contribution in [0, 0.1) is 12.0 Å². The largest absolute Gasteiger partial charge is 0.347 e. The molecule has 0 aliphatic carbocycles. The molecule has 3 nitrogen and oxygen atoms in total. The van der Waals surface area contributed by atoms with Crippen molar-refractivity contribution in [3.05, 3.63) is 6.61 Å². The fourth-order valence-electron chi connectivity index (χ4n) is 0.217. The standard InChI is InChI=1S/C7H13O3/c1-5-9-10-6(8)7(2,3)4/h5H,1-4H3. The summed E-state index contributed by atoms with van der Waals surface area (Å²) in [5.74, 6) is -0.370. The maximum atomic E-state index is 10.9. The molecule has 0 amide bonds. The average molecular weight is 145 g/mol. The van der Waals surface area contributed by atoms with E-state index in [9.17, 15) is 4.79 Å². The van der Waals surface area contributed by atoms with Gasteiger partial charge in [0.15, 0.2) is 0 Å². The van der Waals surface area contributed by atoms with E-state index in [1.807, 2.05) is 0 Å². The van der Waals surface area contributed by atoms with E-state index in [-0.39, 0.29) is 5.97 Å². The van der Waals surface area contributed by atoms with Gasteiger partial charge in [-0.15, -0.1) is 0 Å². The van der Waals surface area contributed by atoms with Gasteiger partial charge in [0, 0.05) is 0 Å². The third-order valence-corrected chi connectivity index (χ3v) is 0.832. The van der Waals surface area contributed by atoms with Crippen LogP contribution in [0.2, 0.25) is 0 Å². The van der Waals surface area contributed by atoms with Gasteiger partial charge >= 0.3 is 5.97 Å². The quantitative estimate of drug-likeness (QED) is 0.438. The van der Waals surface area contributed by atoms with Crippen LogP contribution >= 0.6 is 0 Å². The van der Waals surface area contributed by atoms with E-state index in [4.69, 9.17) is 0 Å². The number of rotatable bonds is 2. The summed E-state index contributed by atoms with van der Waals surface area (Å²) >= 11 is 0. The number of hydrogen-bond acceptors (Lipinski definition) is 3. The summed E-state index contributed by atoms with van der Waals surface area (Å²) in [6, 6.07) is 0. The van der Waals surface area contributed by atoms with E-state index < -0.39 is 5.41 Å². The molecule has 0 atom stereocenters.